The molecule has 2 N–H and O–H groups in total. The molecular formula is C20H18N4O5. The predicted molar refractivity (Wildman–Crippen MR) is 104 cm³/mol. The van der Waals surface area contributed by atoms with Gasteiger partial charge in [-0.25, -0.2) is 4.98 Å². The van der Waals surface area contributed by atoms with Crippen LogP contribution in [-0.4, -0.2) is 33.4 Å². The van der Waals surface area contributed by atoms with E-state index in [9.17, 15) is 19.2 Å². The Hall–Kier alpha value is -4.01. The van der Waals surface area contributed by atoms with Gasteiger partial charge in [-0.05, 0) is 31.2 Å². The maximum atomic E-state index is 12.4. The van der Waals surface area contributed by atoms with Gasteiger partial charge < -0.3 is 4.74 Å². The minimum atomic E-state index is -1.18. The first-order valence-corrected chi connectivity index (χ1v) is 8.74. The van der Waals surface area contributed by atoms with Gasteiger partial charge in [-0.15, -0.1) is 0 Å². The van der Waals surface area contributed by atoms with Crippen molar-refractivity contribution in [2.45, 2.75) is 19.6 Å². The van der Waals surface area contributed by atoms with Gasteiger partial charge in [0.15, 0.2) is 6.10 Å². The number of ether oxygens (including phenoxy) is 1. The molecule has 0 saturated heterocycles. The van der Waals surface area contributed by atoms with Gasteiger partial charge in [0.25, 0.3) is 17.4 Å². The topological polar surface area (TPSA) is 119 Å². The van der Waals surface area contributed by atoms with Crippen LogP contribution in [0.3, 0.4) is 0 Å². The van der Waals surface area contributed by atoms with Gasteiger partial charge in [0.1, 0.15) is 6.54 Å². The van der Waals surface area contributed by atoms with Crippen molar-refractivity contribution in [3.63, 3.8) is 0 Å². The number of amides is 2. The van der Waals surface area contributed by atoms with E-state index >= 15 is 0 Å². The number of esters is 1. The number of carbonyl (C=O) groups excluding carboxylic acids is 3. The van der Waals surface area contributed by atoms with Crippen molar-refractivity contribution < 1.29 is 19.1 Å². The van der Waals surface area contributed by atoms with Crippen LogP contribution in [0.5, 0.6) is 0 Å². The molecule has 0 aliphatic rings. The molecule has 1 aromatic heterocycles. The first kappa shape index (κ1) is 19.7. The summed E-state index contributed by atoms with van der Waals surface area (Å²) < 4.78 is 6.14. The van der Waals surface area contributed by atoms with Crippen molar-refractivity contribution in [1.82, 2.24) is 20.4 Å². The predicted octanol–water partition coefficient (Wildman–Crippen LogP) is 0.789. The number of rotatable bonds is 5. The number of fused-ring (bicyclic) bond motifs is 1. The van der Waals surface area contributed by atoms with E-state index in [1.165, 1.54) is 13.3 Å². The van der Waals surface area contributed by atoms with Crippen molar-refractivity contribution in [3.05, 3.63) is 76.8 Å². The summed E-state index contributed by atoms with van der Waals surface area (Å²) in [4.78, 5) is 52.5. The molecule has 0 saturated carbocycles. The second-order valence-corrected chi connectivity index (χ2v) is 6.14. The molecule has 1 heterocycles. The standard InChI is InChI=1S/C20H18N4O5/c1-13(18(26)22-23-19(27)14-7-3-2-4-8-14)29-17(25)11-24-12-21-16-10-6-5-9-15(16)20(24)28/h2-10,12-13H,11H2,1H3,(H,22,26)(H,23,27)/t13-/m0/s1. The third-order valence-electron chi connectivity index (χ3n) is 4.04. The second-order valence-electron chi connectivity index (χ2n) is 6.14. The molecule has 0 bridgehead atoms. The molecule has 2 aromatic carbocycles. The van der Waals surface area contributed by atoms with Gasteiger partial charge >= 0.3 is 5.97 Å². The zero-order valence-corrected chi connectivity index (χ0v) is 15.5. The summed E-state index contributed by atoms with van der Waals surface area (Å²) in [6.07, 6.45) is 0.0687. The van der Waals surface area contributed by atoms with Crippen LogP contribution in [0.2, 0.25) is 0 Å². The van der Waals surface area contributed by atoms with E-state index < -0.39 is 30.4 Å². The fourth-order valence-electron chi connectivity index (χ4n) is 2.53. The lowest BCUT2D eigenvalue weighted by Crippen LogP contribution is -2.47. The van der Waals surface area contributed by atoms with E-state index in [2.05, 4.69) is 15.8 Å². The quantitative estimate of drug-likeness (QED) is 0.488. The summed E-state index contributed by atoms with van der Waals surface area (Å²) >= 11 is 0. The average molecular weight is 394 g/mol. The third-order valence-corrected chi connectivity index (χ3v) is 4.04. The van der Waals surface area contributed by atoms with E-state index in [4.69, 9.17) is 4.74 Å². The number of hydrazine groups is 1. The first-order chi connectivity index (χ1) is 14.0. The van der Waals surface area contributed by atoms with Crippen molar-refractivity contribution >= 4 is 28.7 Å². The molecule has 2 amide bonds. The number of nitrogens with zero attached hydrogens (tertiary/aromatic N) is 2. The maximum absolute atomic E-state index is 12.4. The van der Waals surface area contributed by atoms with Crippen molar-refractivity contribution in [2.24, 2.45) is 0 Å². The Morgan fingerprint density at radius 3 is 2.48 bits per heavy atom. The van der Waals surface area contributed by atoms with Crippen LogP contribution in [0.25, 0.3) is 10.9 Å². The fourth-order valence-corrected chi connectivity index (χ4v) is 2.53. The largest absolute Gasteiger partial charge is 0.451 e. The van der Waals surface area contributed by atoms with E-state index in [0.29, 0.717) is 16.5 Å². The van der Waals surface area contributed by atoms with Crippen LogP contribution in [0, 0.1) is 0 Å². The van der Waals surface area contributed by atoms with Gasteiger partial charge in [0.05, 0.1) is 17.2 Å². The Bertz CT molecular complexity index is 1110. The van der Waals surface area contributed by atoms with E-state index in [0.717, 1.165) is 4.57 Å². The van der Waals surface area contributed by atoms with Crippen LogP contribution in [-0.2, 0) is 20.9 Å². The Kier molecular flexibility index (Phi) is 5.98. The van der Waals surface area contributed by atoms with Gasteiger partial charge in [-0.1, -0.05) is 30.3 Å². The third kappa shape index (κ3) is 4.83. The molecule has 9 heteroatoms. The highest BCUT2D eigenvalue weighted by Crippen LogP contribution is 2.05. The monoisotopic (exact) mass is 394 g/mol. The normalized spacial score (nSPS) is 11.5. The minimum Gasteiger partial charge on any atom is -0.451 e. The highest BCUT2D eigenvalue weighted by atomic mass is 16.5. The van der Waals surface area contributed by atoms with Crippen LogP contribution in [0.1, 0.15) is 17.3 Å². The summed E-state index contributed by atoms with van der Waals surface area (Å²) in [6.45, 7) is 0.952. The molecule has 3 rings (SSSR count). The smallest absolute Gasteiger partial charge is 0.326 e. The molecule has 29 heavy (non-hydrogen) atoms. The Labute approximate surface area is 165 Å². The molecule has 0 spiro atoms. The van der Waals surface area contributed by atoms with Gasteiger partial charge in [0, 0.05) is 5.56 Å². The molecule has 1 atom stereocenters. The van der Waals surface area contributed by atoms with Crippen molar-refractivity contribution in [2.75, 3.05) is 0 Å². The van der Waals surface area contributed by atoms with Gasteiger partial charge in [-0.3, -0.25) is 34.6 Å². The Morgan fingerprint density at radius 1 is 1.03 bits per heavy atom. The highest BCUT2D eigenvalue weighted by Gasteiger charge is 2.19. The number of hydrogen-bond acceptors (Lipinski definition) is 6. The van der Waals surface area contributed by atoms with Gasteiger partial charge in [0.2, 0.25) is 0 Å². The number of para-hydroxylation sites is 1. The lowest BCUT2D eigenvalue weighted by atomic mass is 10.2. The van der Waals surface area contributed by atoms with Gasteiger partial charge in [-0.2, -0.15) is 0 Å². The highest BCUT2D eigenvalue weighted by molar-refractivity contribution is 5.95. The molecule has 0 radical (unpaired) electrons. The Balaban J connectivity index is 1.55. The maximum Gasteiger partial charge on any atom is 0.326 e. The summed E-state index contributed by atoms with van der Waals surface area (Å²) in [6, 6.07) is 15.0. The number of aromatic nitrogens is 2. The van der Waals surface area contributed by atoms with Crippen LogP contribution in [0.15, 0.2) is 65.7 Å². The van der Waals surface area contributed by atoms with Crippen molar-refractivity contribution in [3.8, 4) is 0 Å². The molecule has 0 aliphatic carbocycles. The Morgan fingerprint density at radius 2 is 1.72 bits per heavy atom. The number of hydrogen-bond donors (Lipinski definition) is 2. The lowest BCUT2D eigenvalue weighted by molar-refractivity contribution is -0.155. The molecule has 3 aromatic rings. The lowest BCUT2D eigenvalue weighted by Gasteiger charge is -2.14. The molecule has 0 aliphatic heterocycles. The SMILES string of the molecule is C[C@H](OC(=O)Cn1cnc2ccccc2c1=O)C(=O)NNC(=O)c1ccccc1. The number of benzene rings is 2. The van der Waals surface area contributed by atoms with E-state index in [1.54, 1.807) is 54.6 Å². The zero-order valence-electron chi connectivity index (χ0n) is 15.5. The molecule has 148 valence electrons. The summed E-state index contributed by atoms with van der Waals surface area (Å²) in [5.74, 6) is -2.01. The average Bonchev–Trinajstić information content (AvgIpc) is 2.74. The second kappa shape index (κ2) is 8.79. The zero-order chi connectivity index (χ0) is 20.8. The number of carbonyl (C=O) groups is 3. The number of nitrogens with one attached hydrogen (secondary N) is 2. The molecular weight excluding hydrogens is 376 g/mol. The molecule has 0 fully saturated rings. The summed E-state index contributed by atoms with van der Waals surface area (Å²) in [5.41, 5.74) is 4.92. The minimum absolute atomic E-state index is 0.362. The van der Waals surface area contributed by atoms with Crippen LogP contribution >= 0.6 is 0 Å². The van der Waals surface area contributed by atoms with Crippen LogP contribution < -0.4 is 16.4 Å². The summed E-state index contributed by atoms with van der Waals surface area (Å²) in [5, 5.41) is 0.372. The molecule has 9 nitrogen and oxygen atoms in total. The van der Waals surface area contributed by atoms with E-state index in [-0.39, 0.29) is 5.56 Å². The fraction of sp³-hybridized carbons (Fsp3) is 0.150. The van der Waals surface area contributed by atoms with Crippen molar-refractivity contribution in [1.29, 1.82) is 0 Å². The summed E-state index contributed by atoms with van der Waals surface area (Å²) in [7, 11) is 0. The van der Waals surface area contributed by atoms with E-state index in [1.807, 2.05) is 0 Å². The first-order valence-electron chi connectivity index (χ1n) is 8.74. The molecule has 0 unspecified atom stereocenters. The van der Waals surface area contributed by atoms with Crippen LogP contribution in [0.4, 0.5) is 0 Å².